The number of carbonyl (C=O) groups excluding carboxylic acids is 3. The van der Waals surface area contributed by atoms with Gasteiger partial charge in [0.25, 0.3) is 11.8 Å². The van der Waals surface area contributed by atoms with Crippen molar-refractivity contribution < 1.29 is 14.4 Å². The summed E-state index contributed by atoms with van der Waals surface area (Å²) in [6.45, 7) is 0. The molecule has 2 amide bonds. The number of aromatic nitrogens is 2. The van der Waals surface area contributed by atoms with Gasteiger partial charge in [-0.3, -0.25) is 14.4 Å². The Morgan fingerprint density at radius 1 is 1.12 bits per heavy atom. The summed E-state index contributed by atoms with van der Waals surface area (Å²) >= 11 is 1.42. The number of Topliss-reactive ketones (excluding diaryl/α,β-unsaturated/α-hetero) is 1. The van der Waals surface area contributed by atoms with Crippen LogP contribution in [0.5, 0.6) is 0 Å². The van der Waals surface area contributed by atoms with Gasteiger partial charge in [0, 0.05) is 6.42 Å². The number of thiophene rings is 1. The van der Waals surface area contributed by atoms with Gasteiger partial charge in [-0.25, -0.2) is 4.68 Å². The summed E-state index contributed by atoms with van der Waals surface area (Å²) in [4.78, 5) is 36.2. The van der Waals surface area contributed by atoms with Crippen LogP contribution in [0, 0.1) is 0 Å². The molecule has 7 nitrogen and oxygen atoms in total. The van der Waals surface area contributed by atoms with E-state index < -0.39 is 23.6 Å². The van der Waals surface area contributed by atoms with Crippen LogP contribution in [0.25, 0.3) is 5.00 Å². The first kappa shape index (κ1) is 17.6. The number of benzene rings is 1. The number of carbonyl (C=O) groups is 3. The van der Waals surface area contributed by atoms with E-state index in [1.165, 1.54) is 22.2 Å². The lowest BCUT2D eigenvalue weighted by atomic mass is 10.0. The summed E-state index contributed by atoms with van der Waals surface area (Å²) < 4.78 is 1.48. The maximum atomic E-state index is 12.7. The second kappa shape index (κ2) is 7.75. The van der Waals surface area contributed by atoms with E-state index in [0.717, 1.165) is 10.6 Å². The van der Waals surface area contributed by atoms with Crippen molar-refractivity contribution in [3.8, 4) is 5.00 Å². The van der Waals surface area contributed by atoms with Crippen molar-refractivity contribution in [2.24, 2.45) is 5.73 Å². The van der Waals surface area contributed by atoms with Crippen LogP contribution in [0.2, 0.25) is 0 Å². The summed E-state index contributed by atoms with van der Waals surface area (Å²) in [6, 6.07) is 13.3. The van der Waals surface area contributed by atoms with Crippen LogP contribution in [0.3, 0.4) is 0 Å². The number of amides is 2. The van der Waals surface area contributed by atoms with E-state index in [1.807, 2.05) is 47.8 Å². The molecular weight excluding hydrogens is 352 g/mol. The first-order chi connectivity index (χ1) is 12.6. The number of ketones is 1. The van der Waals surface area contributed by atoms with Crippen molar-refractivity contribution in [3.05, 3.63) is 71.4 Å². The van der Waals surface area contributed by atoms with E-state index in [2.05, 4.69) is 10.4 Å². The predicted octanol–water partition coefficient (Wildman–Crippen LogP) is 1.33. The Kier molecular flexibility index (Phi) is 5.23. The van der Waals surface area contributed by atoms with Crippen molar-refractivity contribution in [1.82, 2.24) is 15.1 Å². The largest absolute Gasteiger partial charge is 0.363 e. The highest BCUT2D eigenvalue weighted by Crippen LogP contribution is 2.16. The standard InChI is InChI=1S/C18H16N4O3S/c19-17(24)16(23)13(11-12-5-2-1-3-6-12)21-18(25)14-8-9-20-22(14)15-7-4-10-26-15/h1-10,13H,11H2,(H2,19,24)(H,21,25). The monoisotopic (exact) mass is 368 g/mol. The van der Waals surface area contributed by atoms with Crippen molar-refractivity contribution >= 4 is 28.9 Å². The van der Waals surface area contributed by atoms with Gasteiger partial charge >= 0.3 is 0 Å². The Hall–Kier alpha value is -3.26. The number of hydrogen-bond acceptors (Lipinski definition) is 5. The lowest BCUT2D eigenvalue weighted by molar-refractivity contribution is -0.137. The molecule has 3 aromatic rings. The Labute approximate surface area is 153 Å². The average Bonchev–Trinajstić information content (AvgIpc) is 3.32. The lowest BCUT2D eigenvalue weighted by Crippen LogP contribution is -2.47. The number of hydrogen-bond donors (Lipinski definition) is 2. The van der Waals surface area contributed by atoms with E-state index in [1.54, 1.807) is 6.07 Å². The predicted molar refractivity (Wildman–Crippen MR) is 97.0 cm³/mol. The number of rotatable bonds is 7. The third-order valence-electron chi connectivity index (χ3n) is 3.74. The Morgan fingerprint density at radius 3 is 2.54 bits per heavy atom. The van der Waals surface area contributed by atoms with Gasteiger partial charge in [0.2, 0.25) is 5.78 Å². The molecule has 2 aromatic heterocycles. The van der Waals surface area contributed by atoms with Crippen LogP contribution >= 0.6 is 11.3 Å². The highest BCUT2D eigenvalue weighted by atomic mass is 32.1. The molecule has 26 heavy (non-hydrogen) atoms. The normalized spacial score (nSPS) is 11.7. The summed E-state index contributed by atoms with van der Waals surface area (Å²) in [6.07, 6.45) is 1.66. The molecule has 1 atom stereocenters. The van der Waals surface area contributed by atoms with Crippen molar-refractivity contribution in [2.45, 2.75) is 12.5 Å². The zero-order chi connectivity index (χ0) is 18.5. The molecule has 8 heteroatoms. The van der Waals surface area contributed by atoms with Crippen molar-refractivity contribution in [2.75, 3.05) is 0 Å². The molecule has 132 valence electrons. The van der Waals surface area contributed by atoms with E-state index in [-0.39, 0.29) is 12.1 Å². The molecule has 1 unspecified atom stereocenters. The van der Waals surface area contributed by atoms with Crippen molar-refractivity contribution in [1.29, 1.82) is 0 Å². The summed E-state index contributed by atoms with van der Waals surface area (Å²) in [5.74, 6) is -2.44. The molecular formula is C18H16N4O3S. The summed E-state index contributed by atoms with van der Waals surface area (Å²) in [5, 5.41) is 9.38. The number of primary amides is 1. The van der Waals surface area contributed by atoms with E-state index in [9.17, 15) is 14.4 Å². The van der Waals surface area contributed by atoms with Gasteiger partial charge in [-0.1, -0.05) is 30.3 Å². The fourth-order valence-corrected chi connectivity index (χ4v) is 3.20. The van der Waals surface area contributed by atoms with Gasteiger partial charge in [-0.15, -0.1) is 11.3 Å². The first-order valence-corrected chi connectivity index (χ1v) is 8.70. The highest BCUT2D eigenvalue weighted by Gasteiger charge is 2.27. The van der Waals surface area contributed by atoms with Gasteiger partial charge in [0.05, 0.1) is 6.20 Å². The molecule has 3 N–H and O–H groups in total. The third-order valence-corrected chi connectivity index (χ3v) is 4.58. The molecule has 0 saturated carbocycles. The van der Waals surface area contributed by atoms with Crippen molar-refractivity contribution in [3.63, 3.8) is 0 Å². The molecule has 3 rings (SSSR count). The molecule has 0 fully saturated rings. The van der Waals surface area contributed by atoms with E-state index in [0.29, 0.717) is 0 Å². The fourth-order valence-electron chi connectivity index (χ4n) is 2.50. The van der Waals surface area contributed by atoms with Crippen LogP contribution < -0.4 is 11.1 Å². The second-order valence-corrected chi connectivity index (χ2v) is 6.45. The van der Waals surface area contributed by atoms with Gasteiger partial charge in [-0.2, -0.15) is 5.10 Å². The first-order valence-electron chi connectivity index (χ1n) is 7.82. The molecule has 0 spiro atoms. The molecule has 1 aromatic carbocycles. The maximum Gasteiger partial charge on any atom is 0.287 e. The van der Waals surface area contributed by atoms with E-state index in [4.69, 9.17) is 5.73 Å². The Bertz CT molecular complexity index is 919. The van der Waals surface area contributed by atoms with Gasteiger partial charge < -0.3 is 11.1 Å². The minimum Gasteiger partial charge on any atom is -0.363 e. The van der Waals surface area contributed by atoms with Crippen LogP contribution in [0.15, 0.2) is 60.1 Å². The molecule has 0 aliphatic carbocycles. The molecule has 0 bridgehead atoms. The topological polar surface area (TPSA) is 107 Å². The minimum atomic E-state index is -1.09. The number of nitrogens with one attached hydrogen (secondary N) is 1. The minimum absolute atomic E-state index is 0.168. The fraction of sp³-hybridized carbons (Fsp3) is 0.111. The van der Waals surface area contributed by atoms with Crippen LogP contribution in [-0.2, 0) is 16.0 Å². The number of nitrogens with two attached hydrogens (primary N) is 1. The summed E-state index contributed by atoms with van der Waals surface area (Å²) in [5.41, 5.74) is 6.21. The molecule has 0 saturated heterocycles. The van der Waals surface area contributed by atoms with Gasteiger partial charge in [0.1, 0.15) is 16.7 Å². The smallest absolute Gasteiger partial charge is 0.287 e. The lowest BCUT2D eigenvalue weighted by Gasteiger charge is -2.16. The molecule has 0 radical (unpaired) electrons. The SMILES string of the molecule is NC(=O)C(=O)C(Cc1ccccc1)NC(=O)c1ccnn1-c1cccs1. The second-order valence-electron chi connectivity index (χ2n) is 5.52. The third kappa shape index (κ3) is 3.86. The van der Waals surface area contributed by atoms with Crippen LogP contribution in [-0.4, -0.2) is 33.4 Å². The molecule has 2 heterocycles. The van der Waals surface area contributed by atoms with Crippen LogP contribution in [0.4, 0.5) is 0 Å². The maximum absolute atomic E-state index is 12.7. The van der Waals surface area contributed by atoms with Crippen LogP contribution in [0.1, 0.15) is 16.1 Å². The Balaban J connectivity index is 1.83. The Morgan fingerprint density at radius 2 is 1.88 bits per heavy atom. The summed E-state index contributed by atoms with van der Waals surface area (Å²) in [7, 11) is 0. The molecule has 0 aliphatic heterocycles. The highest BCUT2D eigenvalue weighted by molar-refractivity contribution is 7.12. The average molecular weight is 368 g/mol. The molecule has 0 aliphatic rings. The quantitative estimate of drug-likeness (QED) is 0.614. The van der Waals surface area contributed by atoms with E-state index >= 15 is 0 Å². The zero-order valence-corrected chi connectivity index (χ0v) is 14.5. The van der Waals surface area contributed by atoms with Gasteiger partial charge in [0.15, 0.2) is 0 Å². The van der Waals surface area contributed by atoms with Gasteiger partial charge in [-0.05, 0) is 29.1 Å². The zero-order valence-electron chi connectivity index (χ0n) is 13.7. The number of nitrogens with zero attached hydrogens (tertiary/aromatic N) is 2.